The van der Waals surface area contributed by atoms with Gasteiger partial charge in [-0.05, 0) is 43.0 Å². The molecule has 17 heavy (non-hydrogen) atoms. The van der Waals surface area contributed by atoms with Crippen LogP contribution in [0.1, 0.15) is 24.8 Å². The van der Waals surface area contributed by atoms with Gasteiger partial charge in [0.2, 0.25) is 0 Å². The van der Waals surface area contributed by atoms with Crippen LogP contribution >= 0.6 is 15.9 Å². The van der Waals surface area contributed by atoms with E-state index >= 15 is 0 Å². The van der Waals surface area contributed by atoms with E-state index in [-0.39, 0.29) is 11.9 Å². The summed E-state index contributed by atoms with van der Waals surface area (Å²) in [4.78, 5) is 0. The van der Waals surface area contributed by atoms with Crippen molar-refractivity contribution < 1.29 is 14.2 Å². The zero-order valence-electron chi connectivity index (χ0n) is 9.53. The number of aliphatic hydroxyl groups is 1. The molecule has 1 aliphatic rings. The molecule has 0 saturated carbocycles. The van der Waals surface area contributed by atoms with Crippen LogP contribution in [0.25, 0.3) is 0 Å². The van der Waals surface area contributed by atoms with Gasteiger partial charge < -0.3 is 9.84 Å². The summed E-state index contributed by atoms with van der Waals surface area (Å²) in [6.45, 7) is 0.714. The van der Waals surface area contributed by atoms with Crippen LogP contribution < -0.4 is 0 Å². The molecule has 1 fully saturated rings. The second-order valence-electron chi connectivity index (χ2n) is 4.41. The minimum Gasteiger partial charge on any atom is -0.390 e. The second-order valence-corrected chi connectivity index (χ2v) is 5.27. The normalized spacial score (nSPS) is 22.4. The summed E-state index contributed by atoms with van der Waals surface area (Å²) in [6, 6.07) is 4.52. The largest absolute Gasteiger partial charge is 0.390 e. The van der Waals surface area contributed by atoms with Crippen molar-refractivity contribution in [3.05, 3.63) is 34.1 Å². The van der Waals surface area contributed by atoms with Crippen molar-refractivity contribution in [1.82, 2.24) is 0 Å². The first kappa shape index (κ1) is 13.0. The minimum absolute atomic E-state index is 0.112. The first-order valence-electron chi connectivity index (χ1n) is 5.90. The predicted molar refractivity (Wildman–Crippen MR) is 67.4 cm³/mol. The zero-order valence-corrected chi connectivity index (χ0v) is 11.1. The molecule has 0 radical (unpaired) electrons. The van der Waals surface area contributed by atoms with E-state index in [0.717, 1.165) is 29.3 Å². The molecule has 2 unspecified atom stereocenters. The molecule has 1 saturated heterocycles. The molecule has 0 aliphatic carbocycles. The van der Waals surface area contributed by atoms with Gasteiger partial charge in [0.25, 0.3) is 0 Å². The molecule has 1 aromatic rings. The summed E-state index contributed by atoms with van der Waals surface area (Å²) in [5, 5.41) is 10.1. The SMILES string of the molecule is OC(Cc1cc(F)ccc1Br)C1CCCCO1. The second kappa shape index (κ2) is 5.94. The lowest BCUT2D eigenvalue weighted by Gasteiger charge is -2.27. The first-order valence-corrected chi connectivity index (χ1v) is 6.69. The lowest BCUT2D eigenvalue weighted by molar-refractivity contribution is -0.0611. The topological polar surface area (TPSA) is 29.5 Å². The standard InChI is InChI=1S/C13H16BrFO2/c14-11-5-4-10(15)7-9(11)8-12(16)13-3-1-2-6-17-13/h4-5,7,12-13,16H,1-3,6,8H2. The number of ether oxygens (including phenoxy) is 1. The summed E-state index contributed by atoms with van der Waals surface area (Å²) in [5.74, 6) is -0.278. The molecule has 2 atom stereocenters. The first-order chi connectivity index (χ1) is 8.16. The Morgan fingerprint density at radius 2 is 2.29 bits per heavy atom. The van der Waals surface area contributed by atoms with Gasteiger partial charge in [-0.25, -0.2) is 4.39 Å². The van der Waals surface area contributed by atoms with E-state index in [2.05, 4.69) is 15.9 Å². The van der Waals surface area contributed by atoms with Crippen molar-refractivity contribution in [3.63, 3.8) is 0 Å². The van der Waals surface area contributed by atoms with Crippen LogP contribution in [-0.4, -0.2) is 23.9 Å². The number of halogens is 2. The van der Waals surface area contributed by atoms with Gasteiger partial charge in [-0.1, -0.05) is 15.9 Å². The Morgan fingerprint density at radius 1 is 1.47 bits per heavy atom. The van der Waals surface area contributed by atoms with E-state index in [1.54, 1.807) is 6.07 Å². The van der Waals surface area contributed by atoms with Gasteiger partial charge >= 0.3 is 0 Å². The highest BCUT2D eigenvalue weighted by atomic mass is 79.9. The van der Waals surface area contributed by atoms with E-state index in [4.69, 9.17) is 4.74 Å². The van der Waals surface area contributed by atoms with Crippen molar-refractivity contribution in [1.29, 1.82) is 0 Å². The summed E-state index contributed by atoms with van der Waals surface area (Å²) in [5.41, 5.74) is 0.784. The van der Waals surface area contributed by atoms with Gasteiger partial charge in [-0.2, -0.15) is 0 Å². The molecule has 94 valence electrons. The highest BCUT2D eigenvalue weighted by molar-refractivity contribution is 9.10. The van der Waals surface area contributed by atoms with Crippen molar-refractivity contribution >= 4 is 15.9 Å². The van der Waals surface area contributed by atoms with Crippen LogP contribution in [0.2, 0.25) is 0 Å². The monoisotopic (exact) mass is 302 g/mol. The third-order valence-electron chi connectivity index (χ3n) is 3.08. The Hall–Kier alpha value is -0.450. The highest BCUT2D eigenvalue weighted by Crippen LogP contribution is 2.23. The summed E-state index contributed by atoms with van der Waals surface area (Å²) < 4.78 is 19.5. The molecular weight excluding hydrogens is 287 g/mol. The maximum atomic E-state index is 13.1. The molecule has 0 amide bonds. The van der Waals surface area contributed by atoms with Crippen LogP contribution in [0.4, 0.5) is 4.39 Å². The van der Waals surface area contributed by atoms with Gasteiger partial charge in [0.05, 0.1) is 12.2 Å². The molecule has 0 spiro atoms. The lowest BCUT2D eigenvalue weighted by atomic mass is 9.98. The fourth-order valence-electron chi connectivity index (χ4n) is 2.13. The smallest absolute Gasteiger partial charge is 0.123 e. The molecule has 1 aromatic carbocycles. The fraction of sp³-hybridized carbons (Fsp3) is 0.538. The zero-order chi connectivity index (χ0) is 12.3. The van der Waals surface area contributed by atoms with Gasteiger partial charge in [-0.15, -0.1) is 0 Å². The van der Waals surface area contributed by atoms with Gasteiger partial charge in [0.1, 0.15) is 5.82 Å². The number of aliphatic hydroxyl groups excluding tert-OH is 1. The fourth-order valence-corrected chi connectivity index (χ4v) is 2.53. The predicted octanol–water partition coefficient (Wildman–Crippen LogP) is 3.06. The van der Waals surface area contributed by atoms with Crippen LogP contribution in [-0.2, 0) is 11.2 Å². The highest BCUT2D eigenvalue weighted by Gasteiger charge is 2.23. The van der Waals surface area contributed by atoms with Crippen molar-refractivity contribution in [2.24, 2.45) is 0 Å². The number of hydrogen-bond donors (Lipinski definition) is 1. The molecule has 4 heteroatoms. The maximum Gasteiger partial charge on any atom is 0.123 e. The van der Waals surface area contributed by atoms with Crippen LogP contribution in [0, 0.1) is 5.82 Å². The van der Waals surface area contributed by atoms with Crippen LogP contribution in [0.15, 0.2) is 22.7 Å². The molecule has 1 aliphatic heterocycles. The molecule has 2 rings (SSSR count). The van der Waals surface area contributed by atoms with E-state index in [1.807, 2.05) is 0 Å². The Balaban J connectivity index is 2.01. The summed E-state index contributed by atoms with van der Waals surface area (Å²) in [7, 11) is 0. The Labute approximate surface area is 109 Å². The maximum absolute atomic E-state index is 13.1. The minimum atomic E-state index is -0.562. The Morgan fingerprint density at radius 3 is 3.00 bits per heavy atom. The van der Waals surface area contributed by atoms with E-state index in [1.165, 1.54) is 12.1 Å². The van der Waals surface area contributed by atoms with E-state index < -0.39 is 6.10 Å². The van der Waals surface area contributed by atoms with E-state index in [0.29, 0.717) is 13.0 Å². The summed E-state index contributed by atoms with van der Waals surface area (Å²) in [6.07, 6.45) is 2.78. The molecule has 0 bridgehead atoms. The third kappa shape index (κ3) is 3.50. The number of rotatable bonds is 3. The van der Waals surface area contributed by atoms with Gasteiger partial charge in [0.15, 0.2) is 0 Å². The van der Waals surface area contributed by atoms with Gasteiger partial charge in [-0.3, -0.25) is 0 Å². The lowest BCUT2D eigenvalue weighted by Crippen LogP contribution is -2.33. The Kier molecular flexibility index (Phi) is 4.54. The van der Waals surface area contributed by atoms with Gasteiger partial charge in [0, 0.05) is 17.5 Å². The third-order valence-corrected chi connectivity index (χ3v) is 3.85. The van der Waals surface area contributed by atoms with Crippen LogP contribution in [0.3, 0.4) is 0 Å². The number of benzene rings is 1. The molecule has 1 heterocycles. The van der Waals surface area contributed by atoms with E-state index in [9.17, 15) is 9.50 Å². The van der Waals surface area contributed by atoms with Crippen molar-refractivity contribution in [2.75, 3.05) is 6.61 Å². The molecule has 0 aromatic heterocycles. The average molecular weight is 303 g/mol. The molecular formula is C13H16BrFO2. The molecule has 1 N–H and O–H groups in total. The van der Waals surface area contributed by atoms with Crippen molar-refractivity contribution in [3.8, 4) is 0 Å². The average Bonchev–Trinajstić information content (AvgIpc) is 2.35. The quantitative estimate of drug-likeness (QED) is 0.930. The summed E-state index contributed by atoms with van der Waals surface area (Å²) >= 11 is 3.36. The number of hydrogen-bond acceptors (Lipinski definition) is 2. The Bertz CT molecular complexity index is 378. The molecule has 2 nitrogen and oxygen atoms in total. The van der Waals surface area contributed by atoms with Crippen LogP contribution in [0.5, 0.6) is 0 Å². The van der Waals surface area contributed by atoms with Crippen molar-refractivity contribution in [2.45, 2.75) is 37.9 Å².